The van der Waals surface area contributed by atoms with Crippen LogP contribution in [-0.2, 0) is 21.4 Å². The lowest BCUT2D eigenvalue weighted by Gasteiger charge is -2.21. The van der Waals surface area contributed by atoms with Gasteiger partial charge in [-0.3, -0.25) is 9.78 Å². The maximum atomic E-state index is 12.0. The molecule has 0 aliphatic carbocycles. The van der Waals surface area contributed by atoms with Gasteiger partial charge in [0.1, 0.15) is 6.04 Å². The first kappa shape index (κ1) is 14.0. The molecule has 0 saturated carbocycles. The molecule has 0 spiro atoms. The molecule has 1 amide bonds. The minimum Gasteiger partial charge on any atom is -0.351 e. The van der Waals surface area contributed by atoms with Crippen LogP contribution in [0.15, 0.2) is 24.5 Å². The number of carbonyl (C=O) groups excluding carboxylic acids is 1. The van der Waals surface area contributed by atoms with Gasteiger partial charge in [0.25, 0.3) is 0 Å². The van der Waals surface area contributed by atoms with E-state index in [1.807, 2.05) is 6.07 Å². The van der Waals surface area contributed by atoms with Gasteiger partial charge in [-0.25, -0.2) is 8.42 Å². The first-order chi connectivity index (χ1) is 8.98. The van der Waals surface area contributed by atoms with Crippen molar-refractivity contribution in [3.8, 4) is 0 Å². The van der Waals surface area contributed by atoms with Gasteiger partial charge in [-0.1, -0.05) is 6.07 Å². The van der Waals surface area contributed by atoms with Crippen molar-refractivity contribution in [3.05, 3.63) is 30.1 Å². The molecule has 0 aromatic carbocycles. The highest BCUT2D eigenvalue weighted by molar-refractivity contribution is 7.88. The zero-order chi connectivity index (χ0) is 13.9. The number of hydrogen-bond acceptors (Lipinski definition) is 4. The van der Waals surface area contributed by atoms with Crippen LogP contribution in [-0.4, -0.2) is 42.5 Å². The molecule has 6 nitrogen and oxygen atoms in total. The standard InChI is InChI=1S/C12H17N3O3S/c1-19(17,18)15-7-3-5-11(15)12(16)14-9-10-4-2-6-13-8-10/h2,4,6,8,11H,3,5,7,9H2,1H3,(H,14,16). The highest BCUT2D eigenvalue weighted by atomic mass is 32.2. The molecule has 1 aromatic rings. The van der Waals surface area contributed by atoms with Crippen molar-refractivity contribution in [2.75, 3.05) is 12.8 Å². The first-order valence-corrected chi connectivity index (χ1v) is 7.97. The van der Waals surface area contributed by atoms with Crippen LogP contribution < -0.4 is 5.32 Å². The van der Waals surface area contributed by atoms with Gasteiger partial charge in [-0.05, 0) is 24.5 Å². The second-order valence-corrected chi connectivity index (χ2v) is 6.55. The number of nitrogens with zero attached hydrogens (tertiary/aromatic N) is 2. The van der Waals surface area contributed by atoms with E-state index in [2.05, 4.69) is 10.3 Å². The molecule has 2 heterocycles. The molecule has 1 saturated heterocycles. The van der Waals surface area contributed by atoms with E-state index in [0.29, 0.717) is 19.5 Å². The van der Waals surface area contributed by atoms with Crippen LogP contribution in [0.3, 0.4) is 0 Å². The fourth-order valence-electron chi connectivity index (χ4n) is 2.21. The van der Waals surface area contributed by atoms with E-state index in [0.717, 1.165) is 18.2 Å². The number of sulfonamides is 1. The second-order valence-electron chi connectivity index (χ2n) is 4.61. The summed E-state index contributed by atoms with van der Waals surface area (Å²) < 4.78 is 24.4. The molecule has 1 unspecified atom stereocenters. The summed E-state index contributed by atoms with van der Waals surface area (Å²) in [6, 6.07) is 3.07. The smallest absolute Gasteiger partial charge is 0.238 e. The maximum Gasteiger partial charge on any atom is 0.238 e. The SMILES string of the molecule is CS(=O)(=O)N1CCCC1C(=O)NCc1cccnc1. The summed E-state index contributed by atoms with van der Waals surface area (Å²) in [6.07, 6.45) is 5.76. The molecule has 1 atom stereocenters. The monoisotopic (exact) mass is 283 g/mol. The summed E-state index contributed by atoms with van der Waals surface area (Å²) >= 11 is 0. The van der Waals surface area contributed by atoms with Gasteiger partial charge in [-0.15, -0.1) is 0 Å². The maximum absolute atomic E-state index is 12.0. The lowest BCUT2D eigenvalue weighted by molar-refractivity contribution is -0.124. The van der Waals surface area contributed by atoms with Crippen molar-refractivity contribution in [2.45, 2.75) is 25.4 Å². The Balaban J connectivity index is 1.96. The van der Waals surface area contributed by atoms with E-state index in [1.165, 1.54) is 4.31 Å². The Morgan fingerprint density at radius 1 is 1.58 bits per heavy atom. The zero-order valence-corrected chi connectivity index (χ0v) is 11.6. The quantitative estimate of drug-likeness (QED) is 0.851. The summed E-state index contributed by atoms with van der Waals surface area (Å²) in [7, 11) is -3.32. The molecule has 0 radical (unpaired) electrons. The molecule has 1 aliphatic heterocycles. The predicted octanol–water partition coefficient (Wildman–Crippen LogP) is 0.122. The summed E-state index contributed by atoms with van der Waals surface area (Å²) in [5.74, 6) is -0.244. The van der Waals surface area contributed by atoms with Crippen LogP contribution in [0, 0.1) is 0 Å². The van der Waals surface area contributed by atoms with Crippen LogP contribution in [0.4, 0.5) is 0 Å². The van der Waals surface area contributed by atoms with Crippen LogP contribution in [0.1, 0.15) is 18.4 Å². The first-order valence-electron chi connectivity index (χ1n) is 6.12. The van der Waals surface area contributed by atoms with Gasteiger partial charge in [0.15, 0.2) is 0 Å². The molecule has 19 heavy (non-hydrogen) atoms. The van der Waals surface area contributed by atoms with Crippen molar-refractivity contribution in [2.24, 2.45) is 0 Å². The van der Waals surface area contributed by atoms with Crippen LogP contribution in [0.25, 0.3) is 0 Å². The molecule has 1 aromatic heterocycles. The fourth-order valence-corrected chi connectivity index (χ4v) is 3.33. The van der Waals surface area contributed by atoms with E-state index in [-0.39, 0.29) is 5.91 Å². The van der Waals surface area contributed by atoms with E-state index >= 15 is 0 Å². The summed E-state index contributed by atoms with van der Waals surface area (Å²) in [6.45, 7) is 0.782. The number of aromatic nitrogens is 1. The second kappa shape index (κ2) is 5.66. The number of rotatable bonds is 4. The topological polar surface area (TPSA) is 79.4 Å². The van der Waals surface area contributed by atoms with Crippen molar-refractivity contribution in [1.82, 2.24) is 14.6 Å². The molecule has 1 fully saturated rings. The third kappa shape index (κ3) is 3.51. The predicted molar refractivity (Wildman–Crippen MR) is 70.7 cm³/mol. The molecular formula is C12H17N3O3S. The molecule has 2 rings (SSSR count). The van der Waals surface area contributed by atoms with E-state index in [4.69, 9.17) is 0 Å². The molecule has 0 bridgehead atoms. The third-order valence-electron chi connectivity index (χ3n) is 3.12. The average Bonchev–Trinajstić information content (AvgIpc) is 2.86. The highest BCUT2D eigenvalue weighted by Crippen LogP contribution is 2.20. The molecule has 104 valence electrons. The van der Waals surface area contributed by atoms with E-state index in [1.54, 1.807) is 18.5 Å². The minimum absolute atomic E-state index is 0.244. The Bertz CT molecular complexity index is 545. The lowest BCUT2D eigenvalue weighted by atomic mass is 10.2. The van der Waals surface area contributed by atoms with Crippen LogP contribution in [0.2, 0.25) is 0 Å². The highest BCUT2D eigenvalue weighted by Gasteiger charge is 2.36. The number of nitrogens with one attached hydrogen (secondary N) is 1. The van der Waals surface area contributed by atoms with Crippen LogP contribution in [0.5, 0.6) is 0 Å². The number of carbonyl (C=O) groups is 1. The van der Waals surface area contributed by atoms with Crippen molar-refractivity contribution < 1.29 is 13.2 Å². The molecule has 1 N–H and O–H groups in total. The van der Waals surface area contributed by atoms with Crippen molar-refractivity contribution in [3.63, 3.8) is 0 Å². The van der Waals surface area contributed by atoms with Crippen molar-refractivity contribution in [1.29, 1.82) is 0 Å². The fraction of sp³-hybridized carbons (Fsp3) is 0.500. The van der Waals surface area contributed by atoms with Gasteiger partial charge >= 0.3 is 0 Å². The lowest BCUT2D eigenvalue weighted by Crippen LogP contribution is -2.45. The molecule has 7 heteroatoms. The number of hydrogen-bond donors (Lipinski definition) is 1. The van der Waals surface area contributed by atoms with Gasteiger partial charge in [0.05, 0.1) is 6.26 Å². The molecular weight excluding hydrogens is 266 g/mol. The number of amides is 1. The largest absolute Gasteiger partial charge is 0.351 e. The van der Waals surface area contributed by atoms with Gasteiger partial charge in [-0.2, -0.15) is 4.31 Å². The van der Waals surface area contributed by atoms with Crippen molar-refractivity contribution >= 4 is 15.9 Å². The zero-order valence-electron chi connectivity index (χ0n) is 10.7. The Morgan fingerprint density at radius 3 is 3.00 bits per heavy atom. The Labute approximate surface area is 112 Å². The van der Waals surface area contributed by atoms with E-state index in [9.17, 15) is 13.2 Å². The Morgan fingerprint density at radius 2 is 2.37 bits per heavy atom. The molecule has 1 aliphatic rings. The Kier molecular flexibility index (Phi) is 4.16. The van der Waals surface area contributed by atoms with Gasteiger partial charge in [0, 0.05) is 25.5 Å². The summed E-state index contributed by atoms with van der Waals surface area (Å²) in [5, 5.41) is 2.76. The Hall–Kier alpha value is -1.47. The summed E-state index contributed by atoms with van der Waals surface area (Å²) in [4.78, 5) is 16.0. The normalized spacial score (nSPS) is 20.4. The third-order valence-corrected chi connectivity index (χ3v) is 4.41. The van der Waals surface area contributed by atoms with E-state index < -0.39 is 16.1 Å². The summed E-state index contributed by atoms with van der Waals surface area (Å²) in [5.41, 5.74) is 0.889. The average molecular weight is 283 g/mol. The van der Waals surface area contributed by atoms with Crippen LogP contribution >= 0.6 is 0 Å². The minimum atomic E-state index is -3.32. The van der Waals surface area contributed by atoms with Gasteiger partial charge < -0.3 is 5.32 Å². The number of pyridine rings is 1. The van der Waals surface area contributed by atoms with Gasteiger partial charge in [0.2, 0.25) is 15.9 Å².